The largest absolute Gasteiger partial charge is 0.326 e. The number of hydrogen-bond acceptors (Lipinski definition) is 2. The highest BCUT2D eigenvalue weighted by Crippen LogP contribution is 2.29. The van der Waals surface area contributed by atoms with Crippen LogP contribution >= 0.6 is 0 Å². The monoisotopic (exact) mass is 284 g/mol. The summed E-state index contributed by atoms with van der Waals surface area (Å²) in [4.78, 5) is 14.0. The van der Waals surface area contributed by atoms with Crippen LogP contribution in [0.3, 0.4) is 0 Å². The van der Waals surface area contributed by atoms with Crippen LogP contribution in [0.1, 0.15) is 56.2 Å². The van der Waals surface area contributed by atoms with E-state index < -0.39 is 6.04 Å². The molecule has 1 fully saturated rings. The maximum absolute atomic E-state index is 12.4. The van der Waals surface area contributed by atoms with Crippen molar-refractivity contribution in [2.24, 2.45) is 5.92 Å². The van der Waals surface area contributed by atoms with Crippen LogP contribution < -0.4 is 0 Å². The minimum atomic E-state index is -0.482. The molecular formula is C18H24N2O. The Balaban J connectivity index is 2.04. The molecule has 1 amide bonds. The van der Waals surface area contributed by atoms with Crippen LogP contribution in [-0.2, 0) is 11.2 Å². The summed E-state index contributed by atoms with van der Waals surface area (Å²) < 4.78 is 0. The van der Waals surface area contributed by atoms with Gasteiger partial charge in [-0.05, 0) is 36.3 Å². The number of hydrogen-bond donors (Lipinski definition) is 0. The van der Waals surface area contributed by atoms with Crippen molar-refractivity contribution in [2.45, 2.75) is 51.5 Å². The molecule has 1 aliphatic carbocycles. The van der Waals surface area contributed by atoms with Crippen molar-refractivity contribution in [3.8, 4) is 6.07 Å². The van der Waals surface area contributed by atoms with E-state index in [-0.39, 0.29) is 5.91 Å². The Hall–Kier alpha value is -1.82. The zero-order chi connectivity index (χ0) is 15.2. The Morgan fingerprint density at radius 3 is 2.48 bits per heavy atom. The Morgan fingerprint density at radius 1 is 1.33 bits per heavy atom. The van der Waals surface area contributed by atoms with Crippen molar-refractivity contribution in [3.63, 3.8) is 0 Å². The maximum atomic E-state index is 12.4. The third-order valence-corrected chi connectivity index (χ3v) is 4.54. The highest BCUT2D eigenvalue weighted by atomic mass is 16.2. The van der Waals surface area contributed by atoms with Crippen LogP contribution in [0.4, 0.5) is 0 Å². The van der Waals surface area contributed by atoms with Crippen molar-refractivity contribution >= 4 is 5.91 Å². The summed E-state index contributed by atoms with van der Waals surface area (Å²) in [7, 11) is 1.75. The summed E-state index contributed by atoms with van der Waals surface area (Å²) in [6.45, 7) is 2.11. The third-order valence-electron chi connectivity index (χ3n) is 4.54. The molecule has 1 saturated carbocycles. The van der Waals surface area contributed by atoms with E-state index in [2.05, 4.69) is 13.0 Å². The summed E-state index contributed by atoms with van der Waals surface area (Å²) >= 11 is 0. The van der Waals surface area contributed by atoms with Crippen molar-refractivity contribution in [2.75, 3.05) is 7.05 Å². The molecule has 21 heavy (non-hydrogen) atoms. The van der Waals surface area contributed by atoms with E-state index in [0.29, 0.717) is 12.3 Å². The molecule has 3 nitrogen and oxygen atoms in total. The molecule has 2 rings (SSSR count). The zero-order valence-corrected chi connectivity index (χ0v) is 13.0. The standard InChI is InChI=1S/C18H24N2O/c1-3-14-8-10-16(11-9-14)17(13-19)20(2)18(21)12-15-6-4-5-7-15/h8-11,15,17H,3-7,12H2,1-2H3. The Bertz CT molecular complexity index is 509. The van der Waals surface area contributed by atoms with Crippen molar-refractivity contribution in [1.82, 2.24) is 4.90 Å². The fourth-order valence-corrected chi connectivity index (χ4v) is 3.07. The van der Waals surface area contributed by atoms with Crippen LogP contribution in [0.5, 0.6) is 0 Å². The fraction of sp³-hybridized carbons (Fsp3) is 0.556. The quantitative estimate of drug-likeness (QED) is 0.824. The number of benzene rings is 1. The van der Waals surface area contributed by atoms with E-state index >= 15 is 0 Å². The highest BCUT2D eigenvalue weighted by Gasteiger charge is 2.25. The molecule has 0 aromatic heterocycles. The van der Waals surface area contributed by atoms with Gasteiger partial charge in [0.05, 0.1) is 6.07 Å². The van der Waals surface area contributed by atoms with Crippen LogP contribution in [0, 0.1) is 17.2 Å². The average molecular weight is 284 g/mol. The fourth-order valence-electron chi connectivity index (χ4n) is 3.07. The second-order valence-corrected chi connectivity index (χ2v) is 5.99. The van der Waals surface area contributed by atoms with Gasteiger partial charge in [0, 0.05) is 13.5 Å². The van der Waals surface area contributed by atoms with Gasteiger partial charge in [-0.2, -0.15) is 5.26 Å². The molecule has 1 aliphatic rings. The minimum absolute atomic E-state index is 0.0908. The first-order valence-corrected chi connectivity index (χ1v) is 7.89. The second kappa shape index (κ2) is 7.26. The first-order chi connectivity index (χ1) is 10.2. The Labute approximate surface area is 127 Å². The first kappa shape index (κ1) is 15.6. The number of rotatable bonds is 5. The van der Waals surface area contributed by atoms with E-state index in [4.69, 9.17) is 0 Å². The van der Waals surface area contributed by atoms with E-state index in [9.17, 15) is 10.1 Å². The molecule has 112 valence electrons. The highest BCUT2D eigenvalue weighted by molar-refractivity contribution is 5.77. The van der Waals surface area contributed by atoms with E-state index in [0.717, 1.165) is 24.8 Å². The van der Waals surface area contributed by atoms with E-state index in [1.54, 1.807) is 11.9 Å². The molecule has 1 unspecified atom stereocenters. The number of amides is 1. The molecule has 0 N–H and O–H groups in total. The van der Waals surface area contributed by atoms with Crippen molar-refractivity contribution < 1.29 is 4.79 Å². The maximum Gasteiger partial charge on any atom is 0.223 e. The SMILES string of the molecule is CCc1ccc(C(C#N)N(C)C(=O)CC2CCCC2)cc1. The molecule has 0 radical (unpaired) electrons. The molecule has 3 heteroatoms. The molecule has 0 heterocycles. The Kier molecular flexibility index (Phi) is 5.38. The molecule has 0 saturated heterocycles. The normalized spacial score (nSPS) is 16.4. The average Bonchev–Trinajstić information content (AvgIpc) is 3.01. The van der Waals surface area contributed by atoms with Crippen LogP contribution in [0.25, 0.3) is 0 Å². The summed E-state index contributed by atoms with van der Waals surface area (Å²) in [6.07, 6.45) is 6.35. The van der Waals surface area contributed by atoms with Crippen molar-refractivity contribution in [3.05, 3.63) is 35.4 Å². The van der Waals surface area contributed by atoms with Crippen LogP contribution in [0.2, 0.25) is 0 Å². The van der Waals surface area contributed by atoms with Crippen molar-refractivity contribution in [1.29, 1.82) is 5.26 Å². The lowest BCUT2D eigenvalue weighted by Crippen LogP contribution is -2.31. The van der Waals surface area contributed by atoms with Gasteiger partial charge in [-0.1, -0.05) is 44.0 Å². The van der Waals surface area contributed by atoms with E-state index in [1.807, 2.05) is 24.3 Å². The molecular weight excluding hydrogens is 260 g/mol. The molecule has 0 bridgehead atoms. The molecule has 0 spiro atoms. The molecule has 1 aromatic rings. The van der Waals surface area contributed by atoms with Crippen LogP contribution in [0.15, 0.2) is 24.3 Å². The first-order valence-electron chi connectivity index (χ1n) is 7.89. The summed E-state index contributed by atoms with van der Waals surface area (Å²) in [5.74, 6) is 0.606. The van der Waals surface area contributed by atoms with E-state index in [1.165, 1.54) is 18.4 Å². The molecule has 1 atom stereocenters. The van der Waals surface area contributed by atoms with Gasteiger partial charge in [-0.3, -0.25) is 4.79 Å². The molecule has 1 aromatic carbocycles. The third kappa shape index (κ3) is 3.85. The van der Waals surface area contributed by atoms with Gasteiger partial charge in [0.1, 0.15) is 6.04 Å². The minimum Gasteiger partial charge on any atom is -0.326 e. The number of carbonyl (C=O) groups is 1. The Morgan fingerprint density at radius 2 is 1.95 bits per heavy atom. The summed E-state index contributed by atoms with van der Waals surface area (Å²) in [5.41, 5.74) is 2.15. The van der Waals surface area contributed by atoms with Crippen LogP contribution in [-0.4, -0.2) is 17.9 Å². The zero-order valence-electron chi connectivity index (χ0n) is 13.0. The van der Waals surface area contributed by atoms with Gasteiger partial charge in [0.25, 0.3) is 0 Å². The number of carbonyl (C=O) groups excluding carboxylic acids is 1. The van der Waals surface area contributed by atoms with Gasteiger partial charge in [-0.25, -0.2) is 0 Å². The summed E-state index contributed by atoms with van der Waals surface area (Å²) in [6, 6.07) is 9.79. The topological polar surface area (TPSA) is 44.1 Å². The lowest BCUT2D eigenvalue weighted by Gasteiger charge is -2.24. The van der Waals surface area contributed by atoms with Gasteiger partial charge in [0.2, 0.25) is 5.91 Å². The van der Waals surface area contributed by atoms with Gasteiger partial charge >= 0.3 is 0 Å². The lowest BCUT2D eigenvalue weighted by atomic mass is 10.0. The summed E-state index contributed by atoms with van der Waals surface area (Å²) in [5, 5.41) is 9.44. The lowest BCUT2D eigenvalue weighted by molar-refractivity contribution is -0.132. The predicted octanol–water partition coefficient (Wildman–Crippen LogP) is 3.85. The van der Waals surface area contributed by atoms with Gasteiger partial charge in [0.15, 0.2) is 0 Å². The van der Waals surface area contributed by atoms with Gasteiger partial charge < -0.3 is 4.90 Å². The predicted molar refractivity (Wildman–Crippen MR) is 83.5 cm³/mol. The second-order valence-electron chi connectivity index (χ2n) is 5.99. The molecule has 0 aliphatic heterocycles. The van der Waals surface area contributed by atoms with Gasteiger partial charge in [-0.15, -0.1) is 0 Å². The number of nitriles is 1. The number of aryl methyl sites for hydroxylation is 1. The number of nitrogens with zero attached hydrogens (tertiary/aromatic N) is 2. The smallest absolute Gasteiger partial charge is 0.223 e.